The van der Waals surface area contributed by atoms with E-state index >= 15 is 0 Å². The SMILES string of the molecule is c1ccc2c(c1)c1cc[n+]2CCOCC[n+]2ccc(c3ccccc32)NCCSCCN1. The summed E-state index contributed by atoms with van der Waals surface area (Å²) in [6, 6.07) is 21.6. The number of fused-ring (bicyclic) bond motifs is 12. The molecule has 5 nitrogen and oxygen atoms in total. The molecule has 4 heterocycles. The van der Waals surface area contributed by atoms with E-state index in [-0.39, 0.29) is 0 Å². The molecule has 164 valence electrons. The van der Waals surface area contributed by atoms with Crippen LogP contribution in [-0.4, -0.2) is 37.8 Å². The molecule has 0 atom stereocenters. The highest BCUT2D eigenvalue weighted by Gasteiger charge is 2.14. The maximum absolute atomic E-state index is 6.05. The third-order valence-corrected chi connectivity index (χ3v) is 6.91. The number of hydrogen-bond donors (Lipinski definition) is 2. The first-order chi connectivity index (χ1) is 15.9. The van der Waals surface area contributed by atoms with E-state index in [2.05, 4.69) is 92.8 Å². The van der Waals surface area contributed by atoms with E-state index in [1.54, 1.807) is 0 Å². The predicted octanol–water partition coefficient (Wildman–Crippen LogP) is 3.86. The first kappa shape index (κ1) is 21.0. The van der Waals surface area contributed by atoms with Gasteiger partial charge < -0.3 is 15.4 Å². The van der Waals surface area contributed by atoms with Crippen LogP contribution in [0.4, 0.5) is 11.4 Å². The molecular formula is C26H30N4OS+2. The molecule has 2 N–H and O–H groups in total. The standard InChI is InChI=1S/C26H28N4OS/c1-3-7-25-21(5-1)23-9-13-29(25)15-17-31-18-16-30-14-10-24(22-6-2-4-8-26(22)30)28-12-20-32-19-11-27-23/h1-10,13-14H,11-12,15-20H2/p+2. The van der Waals surface area contributed by atoms with Crippen LogP contribution in [0.5, 0.6) is 0 Å². The van der Waals surface area contributed by atoms with Crippen LogP contribution in [0.1, 0.15) is 0 Å². The summed E-state index contributed by atoms with van der Waals surface area (Å²) in [5.74, 6) is 2.16. The number of ether oxygens (including phenoxy) is 1. The molecule has 6 heteroatoms. The normalized spacial score (nSPS) is 16.0. The van der Waals surface area contributed by atoms with Gasteiger partial charge in [-0.25, -0.2) is 0 Å². The molecule has 2 aliphatic heterocycles. The van der Waals surface area contributed by atoms with Crippen LogP contribution >= 0.6 is 11.8 Å². The summed E-state index contributed by atoms with van der Waals surface area (Å²) < 4.78 is 10.6. The van der Waals surface area contributed by atoms with E-state index < -0.39 is 0 Å². The predicted molar refractivity (Wildman–Crippen MR) is 133 cm³/mol. The van der Waals surface area contributed by atoms with Crippen LogP contribution in [-0.2, 0) is 17.8 Å². The van der Waals surface area contributed by atoms with Gasteiger partial charge in [-0.15, -0.1) is 0 Å². The number of anilines is 2. The Morgan fingerprint density at radius 1 is 0.656 bits per heavy atom. The summed E-state index contributed by atoms with van der Waals surface area (Å²) in [5.41, 5.74) is 4.88. The van der Waals surface area contributed by atoms with Crippen molar-refractivity contribution < 1.29 is 13.9 Å². The summed E-state index contributed by atoms with van der Waals surface area (Å²) >= 11 is 1.98. The fourth-order valence-electron chi connectivity index (χ4n) is 4.32. The Bertz CT molecular complexity index is 1120. The van der Waals surface area contributed by atoms with Gasteiger partial charge in [-0.2, -0.15) is 20.9 Å². The zero-order valence-corrected chi connectivity index (χ0v) is 19.1. The van der Waals surface area contributed by atoms with E-state index in [0.717, 1.165) is 37.7 Å². The lowest BCUT2D eigenvalue weighted by molar-refractivity contribution is -0.680. The quantitative estimate of drug-likeness (QED) is 0.403. The van der Waals surface area contributed by atoms with Crippen LogP contribution in [0.25, 0.3) is 21.8 Å². The highest BCUT2D eigenvalue weighted by molar-refractivity contribution is 7.99. The number of pyridine rings is 2. The van der Waals surface area contributed by atoms with Crippen molar-refractivity contribution in [3.05, 3.63) is 73.1 Å². The van der Waals surface area contributed by atoms with Gasteiger partial charge in [0.25, 0.3) is 0 Å². The lowest BCUT2D eigenvalue weighted by Gasteiger charge is -2.12. The average molecular weight is 447 g/mol. The third-order valence-electron chi connectivity index (χ3n) is 5.93. The van der Waals surface area contributed by atoms with Crippen molar-refractivity contribution in [1.29, 1.82) is 0 Å². The molecule has 4 bridgehead atoms. The molecule has 2 aromatic carbocycles. The molecule has 0 saturated heterocycles. The smallest absolute Gasteiger partial charge is 0.214 e. The van der Waals surface area contributed by atoms with Crippen molar-refractivity contribution in [1.82, 2.24) is 0 Å². The minimum absolute atomic E-state index is 0.691. The highest BCUT2D eigenvalue weighted by atomic mass is 32.2. The summed E-state index contributed by atoms with van der Waals surface area (Å²) in [5, 5.41) is 9.79. The molecule has 0 aliphatic carbocycles. The second-order valence-corrected chi connectivity index (χ2v) is 9.18. The van der Waals surface area contributed by atoms with Crippen LogP contribution in [0.3, 0.4) is 0 Å². The van der Waals surface area contributed by atoms with E-state index in [4.69, 9.17) is 4.74 Å². The second kappa shape index (κ2) is 10.2. The molecule has 2 aromatic heterocycles. The molecule has 2 aliphatic rings. The van der Waals surface area contributed by atoms with Gasteiger partial charge in [0.1, 0.15) is 13.2 Å². The topological polar surface area (TPSA) is 41.0 Å². The molecule has 4 aromatic rings. The molecule has 6 rings (SSSR count). The van der Waals surface area contributed by atoms with Gasteiger partial charge in [-0.1, -0.05) is 24.3 Å². The molecule has 0 unspecified atom stereocenters. The Morgan fingerprint density at radius 3 is 1.69 bits per heavy atom. The number of rotatable bonds is 0. The molecule has 0 fully saturated rings. The van der Waals surface area contributed by atoms with Gasteiger partial charge in [0, 0.05) is 48.9 Å². The van der Waals surface area contributed by atoms with Crippen molar-refractivity contribution in [3.63, 3.8) is 0 Å². The minimum atomic E-state index is 0.691. The lowest BCUT2D eigenvalue weighted by atomic mass is 10.1. The maximum Gasteiger partial charge on any atom is 0.214 e. The number of nitrogens with one attached hydrogen (secondary N) is 2. The summed E-state index contributed by atoms with van der Waals surface area (Å²) in [6.07, 6.45) is 4.34. The summed E-state index contributed by atoms with van der Waals surface area (Å²) in [6.45, 7) is 4.97. The van der Waals surface area contributed by atoms with E-state index in [0.29, 0.717) is 13.2 Å². The number of thioether (sulfide) groups is 1. The van der Waals surface area contributed by atoms with Gasteiger partial charge in [-0.05, 0) is 12.1 Å². The fourth-order valence-corrected chi connectivity index (χ4v) is 5.01. The number of para-hydroxylation sites is 2. The fraction of sp³-hybridized carbons (Fsp3) is 0.308. The van der Waals surface area contributed by atoms with Gasteiger partial charge >= 0.3 is 0 Å². The summed E-state index contributed by atoms with van der Waals surface area (Å²) in [7, 11) is 0. The molecule has 32 heavy (non-hydrogen) atoms. The molecule has 0 radical (unpaired) electrons. The molecule has 0 saturated carbocycles. The first-order valence-electron chi connectivity index (χ1n) is 11.4. The van der Waals surface area contributed by atoms with Crippen LogP contribution in [0.15, 0.2) is 73.1 Å². The van der Waals surface area contributed by atoms with Crippen LogP contribution in [0.2, 0.25) is 0 Å². The molecular weight excluding hydrogens is 416 g/mol. The van der Waals surface area contributed by atoms with Gasteiger partial charge in [-0.3, -0.25) is 0 Å². The van der Waals surface area contributed by atoms with Crippen molar-refractivity contribution in [2.45, 2.75) is 13.1 Å². The molecule has 0 amide bonds. The van der Waals surface area contributed by atoms with Gasteiger partial charge in [0.2, 0.25) is 11.0 Å². The number of aromatic nitrogens is 2. The molecule has 0 spiro atoms. The lowest BCUT2D eigenvalue weighted by Crippen LogP contribution is -2.39. The third kappa shape index (κ3) is 4.66. The summed E-state index contributed by atoms with van der Waals surface area (Å²) in [4.78, 5) is 0. The first-order valence-corrected chi connectivity index (χ1v) is 12.5. The Balaban J connectivity index is 1.38. The Morgan fingerprint density at radius 2 is 1.16 bits per heavy atom. The Labute approximate surface area is 193 Å². The van der Waals surface area contributed by atoms with Gasteiger partial charge in [0.15, 0.2) is 25.5 Å². The van der Waals surface area contributed by atoms with E-state index in [1.807, 2.05) is 11.8 Å². The van der Waals surface area contributed by atoms with E-state index in [1.165, 1.54) is 33.2 Å². The van der Waals surface area contributed by atoms with Crippen molar-refractivity contribution >= 4 is 44.9 Å². The maximum atomic E-state index is 6.05. The second-order valence-electron chi connectivity index (χ2n) is 7.96. The number of nitrogens with zero attached hydrogens (tertiary/aromatic N) is 2. The zero-order chi connectivity index (χ0) is 21.6. The van der Waals surface area contributed by atoms with Crippen molar-refractivity contribution in [3.8, 4) is 0 Å². The highest BCUT2D eigenvalue weighted by Crippen LogP contribution is 2.21. The largest absolute Gasteiger partial charge is 0.383 e. The van der Waals surface area contributed by atoms with Crippen LogP contribution in [0, 0.1) is 0 Å². The Kier molecular flexibility index (Phi) is 6.70. The Hall–Kier alpha value is -2.83. The minimum Gasteiger partial charge on any atom is -0.383 e. The van der Waals surface area contributed by atoms with Crippen molar-refractivity contribution in [2.24, 2.45) is 0 Å². The van der Waals surface area contributed by atoms with Gasteiger partial charge in [0.05, 0.1) is 22.1 Å². The zero-order valence-electron chi connectivity index (χ0n) is 18.3. The average Bonchev–Trinajstić information content (AvgIpc) is 2.84. The monoisotopic (exact) mass is 446 g/mol. The van der Waals surface area contributed by atoms with Crippen LogP contribution < -0.4 is 19.8 Å². The van der Waals surface area contributed by atoms with E-state index in [9.17, 15) is 0 Å². The number of hydrogen-bond acceptors (Lipinski definition) is 4. The van der Waals surface area contributed by atoms with Crippen molar-refractivity contribution in [2.75, 3.05) is 48.4 Å². The number of benzene rings is 2.